The lowest BCUT2D eigenvalue weighted by Gasteiger charge is -2.02. The van der Waals surface area contributed by atoms with Crippen molar-refractivity contribution >= 4 is 33.3 Å². The lowest BCUT2D eigenvalue weighted by Crippen LogP contribution is -2.22. The number of nitrogens with one attached hydrogen (secondary N) is 1. The van der Waals surface area contributed by atoms with E-state index in [2.05, 4.69) is 21.2 Å². The Kier molecular flexibility index (Phi) is 5.04. The molecule has 0 aliphatic carbocycles. The second-order valence-electron chi connectivity index (χ2n) is 3.04. The quantitative estimate of drug-likeness (QED) is 0.659. The number of para-hydroxylation sites is 1. The molecule has 0 aliphatic heterocycles. The molecule has 1 amide bonds. The topological polar surface area (TPSA) is 46.2 Å². The lowest BCUT2D eigenvalue weighted by atomic mass is 10.2. The molecule has 0 radical (unpaired) electrons. The molecule has 0 saturated carbocycles. The van der Waals surface area contributed by atoms with Gasteiger partial charge in [0.15, 0.2) is 0 Å². The van der Waals surface area contributed by atoms with E-state index in [0.29, 0.717) is 12.1 Å². The zero-order valence-corrected chi connectivity index (χ0v) is 9.79. The van der Waals surface area contributed by atoms with Crippen molar-refractivity contribution in [1.82, 2.24) is 0 Å². The maximum absolute atomic E-state index is 11.3. The van der Waals surface area contributed by atoms with Crippen molar-refractivity contribution < 1.29 is 9.59 Å². The van der Waals surface area contributed by atoms with Crippen LogP contribution >= 0.6 is 15.9 Å². The Labute approximate surface area is 97.0 Å². The van der Waals surface area contributed by atoms with Crippen LogP contribution in [0.5, 0.6) is 0 Å². The fraction of sp³-hybridized carbons (Fsp3) is 0.273. The van der Waals surface area contributed by atoms with Gasteiger partial charge in [0.1, 0.15) is 0 Å². The molecule has 1 aromatic carbocycles. The maximum Gasteiger partial charge on any atom is 0.291 e. The number of alkyl halides is 1. The number of Topliss-reactive ketones (excluding diaryl/α,β-unsaturated/α-hetero) is 1. The summed E-state index contributed by atoms with van der Waals surface area (Å²) in [5.74, 6) is -0.916. The summed E-state index contributed by atoms with van der Waals surface area (Å²) in [6, 6.07) is 8.95. The van der Waals surface area contributed by atoms with E-state index in [0.717, 1.165) is 5.33 Å². The number of amides is 1. The highest BCUT2D eigenvalue weighted by molar-refractivity contribution is 9.09. The maximum atomic E-state index is 11.3. The van der Waals surface area contributed by atoms with Crippen LogP contribution in [-0.2, 0) is 9.59 Å². The molecule has 4 heteroatoms. The molecular weight excluding hydrogens is 258 g/mol. The average molecular weight is 270 g/mol. The Balaban J connectivity index is 2.45. The Morgan fingerprint density at radius 3 is 2.47 bits per heavy atom. The van der Waals surface area contributed by atoms with Gasteiger partial charge in [0.05, 0.1) is 0 Å². The third kappa shape index (κ3) is 4.25. The fourth-order valence-electron chi connectivity index (χ4n) is 1.06. The number of anilines is 1. The molecule has 80 valence electrons. The van der Waals surface area contributed by atoms with Gasteiger partial charge in [-0.2, -0.15) is 0 Å². The molecule has 0 spiro atoms. The number of hydrogen-bond donors (Lipinski definition) is 1. The first-order valence-electron chi connectivity index (χ1n) is 4.69. The zero-order chi connectivity index (χ0) is 11.1. The van der Waals surface area contributed by atoms with Crippen LogP contribution in [0.3, 0.4) is 0 Å². The summed E-state index contributed by atoms with van der Waals surface area (Å²) < 4.78 is 0. The highest BCUT2D eigenvalue weighted by atomic mass is 79.9. The molecule has 3 nitrogen and oxygen atoms in total. The van der Waals surface area contributed by atoms with E-state index in [9.17, 15) is 9.59 Å². The van der Waals surface area contributed by atoms with Crippen LogP contribution in [0.2, 0.25) is 0 Å². The fourth-order valence-corrected chi connectivity index (χ4v) is 1.34. The van der Waals surface area contributed by atoms with E-state index < -0.39 is 5.91 Å². The van der Waals surface area contributed by atoms with Gasteiger partial charge in [-0.05, 0) is 18.6 Å². The van der Waals surface area contributed by atoms with Crippen LogP contribution in [0.25, 0.3) is 0 Å². The minimum atomic E-state index is -0.540. The molecule has 0 bridgehead atoms. The normalized spacial score (nSPS) is 9.67. The van der Waals surface area contributed by atoms with Crippen molar-refractivity contribution in [1.29, 1.82) is 0 Å². The molecule has 0 unspecified atom stereocenters. The van der Waals surface area contributed by atoms with Crippen LogP contribution in [0.4, 0.5) is 5.69 Å². The molecule has 15 heavy (non-hydrogen) atoms. The molecule has 1 aromatic rings. The summed E-state index contributed by atoms with van der Waals surface area (Å²) in [6.07, 6.45) is 0.963. The van der Waals surface area contributed by atoms with Crippen molar-refractivity contribution in [2.45, 2.75) is 12.8 Å². The van der Waals surface area contributed by atoms with Gasteiger partial charge < -0.3 is 5.32 Å². The van der Waals surface area contributed by atoms with E-state index in [4.69, 9.17) is 0 Å². The second-order valence-corrected chi connectivity index (χ2v) is 3.83. The van der Waals surface area contributed by atoms with Crippen molar-refractivity contribution in [2.24, 2.45) is 0 Å². The Bertz CT molecular complexity index is 338. The number of rotatable bonds is 5. The van der Waals surface area contributed by atoms with Gasteiger partial charge in [0.2, 0.25) is 5.78 Å². The Hall–Kier alpha value is -1.16. The predicted molar refractivity (Wildman–Crippen MR) is 63.1 cm³/mol. The van der Waals surface area contributed by atoms with E-state index in [1.807, 2.05) is 6.07 Å². The predicted octanol–water partition coefficient (Wildman–Crippen LogP) is 2.37. The number of hydrogen-bond acceptors (Lipinski definition) is 2. The average Bonchev–Trinajstić information content (AvgIpc) is 2.27. The largest absolute Gasteiger partial charge is 0.319 e. The van der Waals surface area contributed by atoms with Crippen LogP contribution in [0, 0.1) is 0 Å². The third-order valence-corrected chi connectivity index (χ3v) is 2.38. The minimum absolute atomic E-state index is 0.282. The van der Waals surface area contributed by atoms with Gasteiger partial charge in [-0.1, -0.05) is 34.1 Å². The van der Waals surface area contributed by atoms with E-state index in [-0.39, 0.29) is 12.2 Å². The molecule has 0 saturated heterocycles. The number of halogens is 1. The smallest absolute Gasteiger partial charge is 0.291 e. The van der Waals surface area contributed by atoms with Gasteiger partial charge in [-0.3, -0.25) is 9.59 Å². The SMILES string of the molecule is O=C(CCCBr)C(=O)Nc1ccccc1. The Morgan fingerprint density at radius 2 is 1.87 bits per heavy atom. The van der Waals surface area contributed by atoms with E-state index >= 15 is 0 Å². The third-order valence-electron chi connectivity index (χ3n) is 1.82. The molecule has 1 rings (SSSR count). The van der Waals surface area contributed by atoms with Crippen LogP contribution in [0.1, 0.15) is 12.8 Å². The monoisotopic (exact) mass is 269 g/mol. The first kappa shape index (κ1) is 11.9. The summed E-state index contributed by atoms with van der Waals surface area (Å²) in [5.41, 5.74) is 0.648. The molecule has 1 N–H and O–H groups in total. The van der Waals surface area contributed by atoms with E-state index in [1.54, 1.807) is 24.3 Å². The molecule has 0 heterocycles. The highest BCUT2D eigenvalue weighted by Gasteiger charge is 2.12. The number of benzene rings is 1. The zero-order valence-electron chi connectivity index (χ0n) is 8.20. The van der Waals surface area contributed by atoms with Crippen LogP contribution in [0.15, 0.2) is 30.3 Å². The van der Waals surface area contributed by atoms with Gasteiger partial charge >= 0.3 is 0 Å². The van der Waals surface area contributed by atoms with Crippen molar-refractivity contribution in [3.63, 3.8) is 0 Å². The summed E-state index contributed by atoms with van der Waals surface area (Å²) in [7, 11) is 0. The standard InChI is InChI=1S/C11H12BrNO2/c12-8-4-7-10(14)11(15)13-9-5-2-1-3-6-9/h1-3,5-6H,4,7-8H2,(H,13,15). The minimum Gasteiger partial charge on any atom is -0.319 e. The first-order chi connectivity index (χ1) is 7.24. The first-order valence-corrected chi connectivity index (χ1v) is 5.81. The van der Waals surface area contributed by atoms with Crippen LogP contribution in [-0.4, -0.2) is 17.0 Å². The van der Waals surface area contributed by atoms with Gasteiger partial charge in [-0.15, -0.1) is 0 Å². The van der Waals surface area contributed by atoms with E-state index in [1.165, 1.54) is 0 Å². The van der Waals surface area contributed by atoms with Crippen molar-refractivity contribution in [3.8, 4) is 0 Å². The summed E-state index contributed by atoms with van der Waals surface area (Å²) in [5, 5.41) is 3.28. The van der Waals surface area contributed by atoms with Crippen molar-refractivity contribution in [3.05, 3.63) is 30.3 Å². The second kappa shape index (κ2) is 6.35. The molecule has 0 aliphatic rings. The summed E-state index contributed by atoms with van der Waals surface area (Å²) >= 11 is 3.21. The number of carbonyl (C=O) groups excluding carboxylic acids is 2. The number of carbonyl (C=O) groups is 2. The van der Waals surface area contributed by atoms with Gasteiger partial charge in [0, 0.05) is 17.4 Å². The molecule has 0 atom stereocenters. The summed E-state index contributed by atoms with van der Waals surface area (Å²) in [4.78, 5) is 22.6. The number of ketones is 1. The summed E-state index contributed by atoms with van der Waals surface area (Å²) in [6.45, 7) is 0. The van der Waals surface area contributed by atoms with Crippen molar-refractivity contribution in [2.75, 3.05) is 10.6 Å². The van der Waals surface area contributed by atoms with Gasteiger partial charge in [-0.25, -0.2) is 0 Å². The molecule has 0 fully saturated rings. The Morgan fingerprint density at radius 1 is 1.20 bits per heavy atom. The highest BCUT2D eigenvalue weighted by Crippen LogP contribution is 2.05. The van der Waals surface area contributed by atoms with Crippen LogP contribution < -0.4 is 5.32 Å². The molecular formula is C11H12BrNO2. The molecule has 0 aromatic heterocycles. The lowest BCUT2D eigenvalue weighted by molar-refractivity contribution is -0.134. The van der Waals surface area contributed by atoms with Gasteiger partial charge in [0.25, 0.3) is 5.91 Å².